The number of carboxylic acid groups (broad SMARTS) is 2. The molecule has 3 heterocycles. The number of hydrogen-bond acceptors (Lipinski definition) is 4. The summed E-state index contributed by atoms with van der Waals surface area (Å²) in [6.45, 7) is 1.88. The van der Waals surface area contributed by atoms with E-state index in [4.69, 9.17) is 0 Å². The third kappa shape index (κ3) is 3.96. The summed E-state index contributed by atoms with van der Waals surface area (Å²) in [4.78, 5) is 30.0. The Morgan fingerprint density at radius 2 is 1.76 bits per heavy atom. The second-order valence-corrected chi connectivity index (χ2v) is 8.53. The molecule has 0 radical (unpaired) electrons. The summed E-state index contributed by atoms with van der Waals surface area (Å²) in [7, 11) is 0. The summed E-state index contributed by atoms with van der Waals surface area (Å²) in [5.41, 5.74) is 3.77. The average Bonchev–Trinajstić information content (AvgIpc) is 3.42. The molecule has 2 aromatic heterocycles. The molecule has 1 aliphatic rings. The molecule has 7 heteroatoms. The Kier molecular flexibility index (Phi) is 5.56. The highest BCUT2D eigenvalue weighted by atomic mass is 16.4. The second kappa shape index (κ2) is 8.67. The summed E-state index contributed by atoms with van der Waals surface area (Å²) >= 11 is 0. The van der Waals surface area contributed by atoms with Crippen LogP contribution in [-0.2, 0) is 17.8 Å². The lowest BCUT2D eigenvalue weighted by Gasteiger charge is -2.21. The number of benzene rings is 2. The van der Waals surface area contributed by atoms with Crippen LogP contribution in [0.5, 0.6) is 0 Å². The minimum Gasteiger partial charge on any atom is -0.480 e. The standard InChI is InChI=1S/C26H25N3O4/c30-25(31)21-15-19-18-9-4-5-10-22(18)29(16-17-7-2-1-3-8-17)24(19)20(27-21)12-14-28-13-6-11-23(28)26(32)33/h1-5,7-10,15,23H,6,11-14,16H2,(H,30,31)(H,32,33)/t23-/m0/s1. The van der Waals surface area contributed by atoms with Crippen molar-refractivity contribution in [2.24, 2.45) is 0 Å². The van der Waals surface area contributed by atoms with Crippen LogP contribution in [0.2, 0.25) is 0 Å². The smallest absolute Gasteiger partial charge is 0.354 e. The molecule has 0 unspecified atom stereocenters. The van der Waals surface area contributed by atoms with Gasteiger partial charge in [0.15, 0.2) is 0 Å². The Hall–Kier alpha value is -3.71. The molecule has 2 aromatic carbocycles. The van der Waals surface area contributed by atoms with Gasteiger partial charge in [-0.3, -0.25) is 9.69 Å². The molecule has 7 nitrogen and oxygen atoms in total. The van der Waals surface area contributed by atoms with Gasteiger partial charge in [-0.15, -0.1) is 0 Å². The quantitative estimate of drug-likeness (QED) is 0.448. The van der Waals surface area contributed by atoms with Crippen molar-refractivity contribution in [2.75, 3.05) is 13.1 Å². The second-order valence-electron chi connectivity index (χ2n) is 8.53. The van der Waals surface area contributed by atoms with Crippen molar-refractivity contribution >= 4 is 33.7 Å². The van der Waals surface area contributed by atoms with Crippen LogP contribution >= 0.6 is 0 Å². The first-order chi connectivity index (χ1) is 16.0. The first-order valence-electron chi connectivity index (χ1n) is 11.2. The van der Waals surface area contributed by atoms with Gasteiger partial charge in [0.25, 0.3) is 0 Å². The van der Waals surface area contributed by atoms with E-state index in [-0.39, 0.29) is 5.69 Å². The summed E-state index contributed by atoms with van der Waals surface area (Å²) in [6, 6.07) is 19.3. The van der Waals surface area contributed by atoms with Crippen molar-refractivity contribution in [3.63, 3.8) is 0 Å². The molecule has 168 valence electrons. The lowest BCUT2D eigenvalue weighted by Crippen LogP contribution is -2.37. The Balaban J connectivity index is 1.65. The number of hydrogen-bond donors (Lipinski definition) is 2. The predicted octanol–water partition coefficient (Wildman–Crippen LogP) is 4.03. The van der Waals surface area contributed by atoms with Crippen molar-refractivity contribution in [3.05, 3.63) is 77.6 Å². The highest BCUT2D eigenvalue weighted by molar-refractivity contribution is 6.10. The Morgan fingerprint density at radius 3 is 2.52 bits per heavy atom. The van der Waals surface area contributed by atoms with Gasteiger partial charge in [0.05, 0.1) is 11.2 Å². The normalized spacial score (nSPS) is 16.5. The topological polar surface area (TPSA) is 95.7 Å². The molecule has 0 amide bonds. The Labute approximate surface area is 190 Å². The van der Waals surface area contributed by atoms with Crippen LogP contribution in [0.25, 0.3) is 21.8 Å². The van der Waals surface area contributed by atoms with E-state index in [1.807, 2.05) is 47.4 Å². The van der Waals surface area contributed by atoms with Gasteiger partial charge in [-0.05, 0) is 37.1 Å². The molecule has 2 N–H and O–H groups in total. The minimum atomic E-state index is -1.07. The molecule has 0 aliphatic carbocycles. The van der Waals surface area contributed by atoms with Gasteiger partial charge in [-0.2, -0.15) is 0 Å². The molecular weight excluding hydrogens is 418 g/mol. The van der Waals surface area contributed by atoms with E-state index in [9.17, 15) is 19.8 Å². The third-order valence-electron chi connectivity index (χ3n) is 6.51. The van der Waals surface area contributed by atoms with Crippen molar-refractivity contribution in [3.8, 4) is 0 Å². The highest BCUT2D eigenvalue weighted by Crippen LogP contribution is 2.32. The molecule has 0 spiro atoms. The number of aliphatic carboxylic acids is 1. The van der Waals surface area contributed by atoms with E-state index in [0.717, 1.165) is 40.3 Å². The number of aromatic nitrogens is 2. The highest BCUT2D eigenvalue weighted by Gasteiger charge is 2.30. The molecule has 1 aliphatic heterocycles. The molecule has 0 saturated carbocycles. The number of rotatable bonds is 7. The van der Waals surface area contributed by atoms with E-state index in [2.05, 4.69) is 21.7 Å². The lowest BCUT2D eigenvalue weighted by molar-refractivity contribution is -0.142. The van der Waals surface area contributed by atoms with Gasteiger partial charge >= 0.3 is 11.9 Å². The van der Waals surface area contributed by atoms with Crippen molar-refractivity contribution in [1.29, 1.82) is 0 Å². The van der Waals surface area contributed by atoms with Crippen molar-refractivity contribution < 1.29 is 19.8 Å². The number of nitrogens with zero attached hydrogens (tertiary/aromatic N) is 3. The number of aromatic carboxylic acids is 1. The van der Waals surface area contributed by atoms with Crippen LogP contribution in [0.15, 0.2) is 60.7 Å². The molecule has 1 atom stereocenters. The SMILES string of the molecule is O=C(O)c1cc2c3ccccc3n(Cc3ccccc3)c2c(CCN2CCC[C@H]2C(=O)O)n1. The maximum absolute atomic E-state index is 11.9. The molecule has 1 fully saturated rings. The van der Waals surface area contributed by atoms with E-state index < -0.39 is 18.0 Å². The van der Waals surface area contributed by atoms with E-state index in [0.29, 0.717) is 31.6 Å². The molecule has 1 saturated heterocycles. The number of pyridine rings is 1. The summed E-state index contributed by atoms with van der Waals surface area (Å²) in [5, 5.41) is 21.1. The lowest BCUT2D eigenvalue weighted by atomic mass is 10.1. The van der Waals surface area contributed by atoms with Gasteiger partial charge in [-0.25, -0.2) is 9.78 Å². The summed E-state index contributed by atoms with van der Waals surface area (Å²) < 4.78 is 2.20. The molecule has 33 heavy (non-hydrogen) atoms. The number of para-hydroxylation sites is 1. The largest absolute Gasteiger partial charge is 0.480 e. The zero-order chi connectivity index (χ0) is 22.9. The monoisotopic (exact) mass is 443 g/mol. The zero-order valence-electron chi connectivity index (χ0n) is 18.1. The number of fused-ring (bicyclic) bond motifs is 3. The van der Waals surface area contributed by atoms with Crippen LogP contribution in [0.3, 0.4) is 0 Å². The van der Waals surface area contributed by atoms with Crippen molar-refractivity contribution in [1.82, 2.24) is 14.5 Å². The van der Waals surface area contributed by atoms with Gasteiger partial charge < -0.3 is 14.8 Å². The fourth-order valence-corrected chi connectivity index (χ4v) is 4.99. The van der Waals surface area contributed by atoms with Gasteiger partial charge in [0.1, 0.15) is 11.7 Å². The summed E-state index contributed by atoms with van der Waals surface area (Å²) in [5.74, 6) is -1.87. The Morgan fingerprint density at radius 1 is 1.00 bits per heavy atom. The van der Waals surface area contributed by atoms with Crippen molar-refractivity contribution in [2.45, 2.75) is 31.8 Å². The van der Waals surface area contributed by atoms with Gasteiger partial charge in [-0.1, -0.05) is 48.5 Å². The molecule has 0 bridgehead atoms. The fourth-order valence-electron chi connectivity index (χ4n) is 4.99. The number of carboxylic acids is 2. The maximum Gasteiger partial charge on any atom is 0.354 e. The third-order valence-corrected chi connectivity index (χ3v) is 6.51. The van der Waals surface area contributed by atoms with E-state index in [1.54, 1.807) is 6.07 Å². The van der Waals surface area contributed by atoms with Crippen LogP contribution in [-0.4, -0.2) is 55.7 Å². The number of carbonyl (C=O) groups is 2. The van der Waals surface area contributed by atoms with E-state index in [1.165, 1.54) is 0 Å². The predicted molar refractivity (Wildman–Crippen MR) is 126 cm³/mol. The van der Waals surface area contributed by atoms with E-state index >= 15 is 0 Å². The first kappa shape index (κ1) is 21.2. The minimum absolute atomic E-state index is 0.0105. The Bertz CT molecular complexity index is 1350. The van der Waals surface area contributed by atoms with Gasteiger partial charge in [0.2, 0.25) is 0 Å². The zero-order valence-corrected chi connectivity index (χ0v) is 18.1. The fraction of sp³-hybridized carbons (Fsp3) is 0.269. The van der Waals surface area contributed by atoms with Crippen LogP contribution in [0, 0.1) is 0 Å². The maximum atomic E-state index is 11.9. The first-order valence-corrected chi connectivity index (χ1v) is 11.2. The molecule has 4 aromatic rings. The van der Waals surface area contributed by atoms with Crippen LogP contribution in [0.4, 0.5) is 0 Å². The summed E-state index contributed by atoms with van der Waals surface area (Å²) in [6.07, 6.45) is 1.97. The number of likely N-dealkylation sites (tertiary alicyclic amines) is 1. The van der Waals surface area contributed by atoms with Crippen LogP contribution in [0.1, 0.15) is 34.6 Å². The van der Waals surface area contributed by atoms with Gasteiger partial charge in [0, 0.05) is 35.8 Å². The average molecular weight is 444 g/mol. The van der Waals surface area contributed by atoms with Crippen LogP contribution < -0.4 is 0 Å². The molecular formula is C26H25N3O4. The molecule has 5 rings (SSSR count).